The fourth-order valence-electron chi connectivity index (χ4n) is 2.55. The Bertz CT molecular complexity index is 455. The van der Waals surface area contributed by atoms with Crippen molar-refractivity contribution in [2.75, 3.05) is 50.8 Å². The molecule has 0 unspecified atom stereocenters. The summed E-state index contributed by atoms with van der Waals surface area (Å²) in [6.07, 6.45) is 0. The SMILES string of the molecule is CCN(CC)C(=O)COc1ccccc1N1CCNCC1. The molecule has 2 rings (SSSR count). The molecule has 0 spiro atoms. The molecule has 0 aromatic heterocycles. The number of ether oxygens (including phenoxy) is 1. The van der Waals surface area contributed by atoms with E-state index in [4.69, 9.17) is 4.74 Å². The number of rotatable bonds is 6. The van der Waals surface area contributed by atoms with Gasteiger partial charge in [0.15, 0.2) is 6.61 Å². The summed E-state index contributed by atoms with van der Waals surface area (Å²) in [5.41, 5.74) is 1.08. The molecule has 0 atom stereocenters. The summed E-state index contributed by atoms with van der Waals surface area (Å²) < 4.78 is 5.78. The predicted octanol–water partition coefficient (Wildman–Crippen LogP) is 1.34. The molecule has 1 aromatic rings. The first kappa shape index (κ1) is 15.6. The molecule has 0 aliphatic carbocycles. The zero-order chi connectivity index (χ0) is 15.1. The van der Waals surface area contributed by atoms with Crippen molar-refractivity contribution in [3.8, 4) is 5.75 Å². The van der Waals surface area contributed by atoms with E-state index in [1.807, 2.05) is 32.0 Å². The van der Waals surface area contributed by atoms with Gasteiger partial charge in [0.25, 0.3) is 5.91 Å². The Kier molecular flexibility index (Phi) is 5.87. The van der Waals surface area contributed by atoms with Crippen LogP contribution in [0.4, 0.5) is 5.69 Å². The number of piperazine rings is 1. The van der Waals surface area contributed by atoms with E-state index in [0.29, 0.717) is 0 Å². The molecule has 1 saturated heterocycles. The van der Waals surface area contributed by atoms with Gasteiger partial charge in [-0.2, -0.15) is 0 Å². The number of hydrogen-bond acceptors (Lipinski definition) is 4. The van der Waals surface area contributed by atoms with E-state index in [1.54, 1.807) is 4.90 Å². The maximum Gasteiger partial charge on any atom is 0.260 e. The van der Waals surface area contributed by atoms with Crippen molar-refractivity contribution >= 4 is 11.6 Å². The van der Waals surface area contributed by atoms with Gasteiger partial charge in [0.05, 0.1) is 5.69 Å². The van der Waals surface area contributed by atoms with Crippen molar-refractivity contribution in [2.24, 2.45) is 0 Å². The van der Waals surface area contributed by atoms with E-state index < -0.39 is 0 Å². The van der Waals surface area contributed by atoms with E-state index in [1.165, 1.54) is 0 Å². The van der Waals surface area contributed by atoms with Crippen molar-refractivity contribution in [3.05, 3.63) is 24.3 Å². The average Bonchev–Trinajstić information content (AvgIpc) is 2.55. The predicted molar refractivity (Wildman–Crippen MR) is 84.9 cm³/mol. The van der Waals surface area contributed by atoms with E-state index in [0.717, 1.165) is 50.7 Å². The summed E-state index contributed by atoms with van der Waals surface area (Å²) in [5.74, 6) is 0.829. The minimum atomic E-state index is 0.0371. The topological polar surface area (TPSA) is 44.8 Å². The summed E-state index contributed by atoms with van der Waals surface area (Å²) in [7, 11) is 0. The van der Waals surface area contributed by atoms with Crippen LogP contribution in [0.1, 0.15) is 13.8 Å². The van der Waals surface area contributed by atoms with Gasteiger partial charge in [-0.15, -0.1) is 0 Å². The van der Waals surface area contributed by atoms with Gasteiger partial charge in [-0.3, -0.25) is 4.79 Å². The van der Waals surface area contributed by atoms with Crippen LogP contribution in [0.5, 0.6) is 5.75 Å². The second-order valence-electron chi connectivity index (χ2n) is 5.06. The molecule has 0 radical (unpaired) electrons. The van der Waals surface area contributed by atoms with Gasteiger partial charge in [-0.1, -0.05) is 12.1 Å². The van der Waals surface area contributed by atoms with Crippen LogP contribution >= 0.6 is 0 Å². The number of amides is 1. The smallest absolute Gasteiger partial charge is 0.260 e. The van der Waals surface area contributed by atoms with Crippen LogP contribution in [0, 0.1) is 0 Å². The first-order chi connectivity index (χ1) is 10.3. The average molecular weight is 291 g/mol. The summed E-state index contributed by atoms with van der Waals surface area (Å²) in [6, 6.07) is 7.95. The van der Waals surface area contributed by atoms with Gasteiger partial charge in [0.2, 0.25) is 0 Å². The minimum absolute atomic E-state index is 0.0371. The lowest BCUT2D eigenvalue weighted by atomic mass is 10.2. The number of para-hydroxylation sites is 2. The number of carbonyl (C=O) groups is 1. The summed E-state index contributed by atoms with van der Waals surface area (Å²) >= 11 is 0. The van der Waals surface area contributed by atoms with Gasteiger partial charge in [0.1, 0.15) is 5.75 Å². The lowest BCUT2D eigenvalue weighted by Crippen LogP contribution is -2.43. The van der Waals surface area contributed by atoms with Gasteiger partial charge >= 0.3 is 0 Å². The Morgan fingerprint density at radius 3 is 2.57 bits per heavy atom. The second-order valence-corrected chi connectivity index (χ2v) is 5.06. The van der Waals surface area contributed by atoms with E-state index in [-0.39, 0.29) is 12.5 Å². The molecule has 0 saturated carbocycles. The quantitative estimate of drug-likeness (QED) is 0.859. The standard InChI is InChI=1S/C16H25N3O2/c1-3-18(4-2)16(20)13-21-15-8-6-5-7-14(15)19-11-9-17-10-12-19/h5-8,17H,3-4,9-13H2,1-2H3. The molecule has 1 aliphatic heterocycles. The fourth-order valence-corrected chi connectivity index (χ4v) is 2.55. The Balaban J connectivity index is 2.01. The molecule has 21 heavy (non-hydrogen) atoms. The minimum Gasteiger partial charge on any atom is -0.482 e. The normalized spacial score (nSPS) is 14.9. The molecule has 1 N–H and O–H groups in total. The largest absolute Gasteiger partial charge is 0.482 e. The molecule has 1 aromatic carbocycles. The van der Waals surface area contributed by atoms with Crippen molar-refractivity contribution in [3.63, 3.8) is 0 Å². The first-order valence-corrected chi connectivity index (χ1v) is 7.71. The third kappa shape index (κ3) is 4.11. The fraction of sp³-hybridized carbons (Fsp3) is 0.562. The number of nitrogens with zero attached hydrogens (tertiary/aromatic N) is 2. The summed E-state index contributed by atoms with van der Waals surface area (Å²) in [4.78, 5) is 16.1. The summed E-state index contributed by atoms with van der Waals surface area (Å²) in [5, 5.41) is 3.34. The highest BCUT2D eigenvalue weighted by atomic mass is 16.5. The third-order valence-electron chi connectivity index (χ3n) is 3.79. The molecule has 5 nitrogen and oxygen atoms in total. The highest BCUT2D eigenvalue weighted by Crippen LogP contribution is 2.28. The maximum absolute atomic E-state index is 12.0. The van der Waals surface area contributed by atoms with Crippen molar-refractivity contribution in [1.82, 2.24) is 10.2 Å². The molecule has 1 amide bonds. The molecular formula is C16H25N3O2. The lowest BCUT2D eigenvalue weighted by molar-refractivity contribution is -0.132. The van der Waals surface area contributed by atoms with E-state index in [2.05, 4.69) is 16.3 Å². The van der Waals surface area contributed by atoms with Gasteiger partial charge in [-0.25, -0.2) is 0 Å². The Hall–Kier alpha value is -1.75. The summed E-state index contributed by atoms with van der Waals surface area (Å²) in [6.45, 7) is 9.39. The van der Waals surface area contributed by atoms with Crippen LogP contribution in [0.25, 0.3) is 0 Å². The highest BCUT2D eigenvalue weighted by molar-refractivity contribution is 5.78. The van der Waals surface area contributed by atoms with Crippen molar-refractivity contribution in [1.29, 1.82) is 0 Å². The number of carbonyl (C=O) groups excluding carboxylic acids is 1. The zero-order valence-corrected chi connectivity index (χ0v) is 13.0. The molecule has 1 fully saturated rings. The third-order valence-corrected chi connectivity index (χ3v) is 3.79. The molecular weight excluding hydrogens is 266 g/mol. The van der Waals surface area contributed by atoms with Crippen LogP contribution in [0.2, 0.25) is 0 Å². The second kappa shape index (κ2) is 7.88. The lowest BCUT2D eigenvalue weighted by Gasteiger charge is -2.30. The molecule has 1 heterocycles. The molecule has 116 valence electrons. The van der Waals surface area contributed by atoms with Crippen molar-refractivity contribution in [2.45, 2.75) is 13.8 Å². The van der Waals surface area contributed by atoms with Gasteiger partial charge in [-0.05, 0) is 26.0 Å². The number of benzene rings is 1. The highest BCUT2D eigenvalue weighted by Gasteiger charge is 2.16. The molecule has 1 aliphatic rings. The first-order valence-electron chi connectivity index (χ1n) is 7.71. The van der Waals surface area contributed by atoms with E-state index >= 15 is 0 Å². The Morgan fingerprint density at radius 2 is 1.90 bits per heavy atom. The Labute approximate surface area is 126 Å². The van der Waals surface area contributed by atoms with Crippen LogP contribution in [-0.2, 0) is 4.79 Å². The van der Waals surface area contributed by atoms with Crippen LogP contribution < -0.4 is 15.0 Å². The molecule has 5 heteroatoms. The monoisotopic (exact) mass is 291 g/mol. The number of hydrogen-bond donors (Lipinski definition) is 1. The maximum atomic E-state index is 12.0. The number of nitrogens with one attached hydrogen (secondary N) is 1. The van der Waals surface area contributed by atoms with Crippen LogP contribution in [-0.4, -0.2) is 56.7 Å². The van der Waals surface area contributed by atoms with E-state index in [9.17, 15) is 4.79 Å². The van der Waals surface area contributed by atoms with Gasteiger partial charge < -0.3 is 19.9 Å². The number of anilines is 1. The molecule has 0 bridgehead atoms. The Morgan fingerprint density at radius 1 is 1.24 bits per heavy atom. The number of likely N-dealkylation sites (N-methyl/N-ethyl adjacent to an activating group) is 1. The van der Waals surface area contributed by atoms with Gasteiger partial charge in [0, 0.05) is 39.3 Å². The van der Waals surface area contributed by atoms with Crippen molar-refractivity contribution < 1.29 is 9.53 Å². The van der Waals surface area contributed by atoms with Crippen LogP contribution in [0.15, 0.2) is 24.3 Å². The zero-order valence-electron chi connectivity index (χ0n) is 13.0. The van der Waals surface area contributed by atoms with Crippen LogP contribution in [0.3, 0.4) is 0 Å².